The molecule has 116 valence electrons. The molecule has 0 spiro atoms. The van der Waals surface area contributed by atoms with Crippen molar-refractivity contribution in [2.24, 2.45) is 17.3 Å². The van der Waals surface area contributed by atoms with E-state index >= 15 is 0 Å². The molecule has 0 radical (unpaired) electrons. The largest absolute Gasteiger partial charge is 0.426 e. The van der Waals surface area contributed by atoms with Gasteiger partial charge in [0.25, 0.3) is 0 Å². The Morgan fingerprint density at radius 1 is 1.33 bits per heavy atom. The van der Waals surface area contributed by atoms with Crippen LogP contribution in [0.1, 0.15) is 19.4 Å². The van der Waals surface area contributed by atoms with Gasteiger partial charge in [0.15, 0.2) is 0 Å². The van der Waals surface area contributed by atoms with E-state index in [2.05, 4.69) is 0 Å². The van der Waals surface area contributed by atoms with Crippen molar-refractivity contribution in [2.45, 2.75) is 26.4 Å². The molecule has 0 aliphatic heterocycles. The highest BCUT2D eigenvalue weighted by Gasteiger charge is 2.56. The van der Waals surface area contributed by atoms with Gasteiger partial charge >= 0.3 is 6.18 Å². The minimum atomic E-state index is -4.52. The van der Waals surface area contributed by atoms with Crippen molar-refractivity contribution >= 4 is 23.2 Å². The Labute approximate surface area is 130 Å². The van der Waals surface area contributed by atoms with Crippen LogP contribution in [-0.4, -0.2) is 6.18 Å². The molecule has 0 heterocycles. The van der Waals surface area contributed by atoms with Crippen molar-refractivity contribution in [1.82, 2.24) is 0 Å². The first-order valence-electron chi connectivity index (χ1n) is 6.42. The predicted molar refractivity (Wildman–Crippen MR) is 75.9 cm³/mol. The van der Waals surface area contributed by atoms with Crippen molar-refractivity contribution in [3.63, 3.8) is 0 Å². The van der Waals surface area contributed by atoms with E-state index in [4.69, 9.17) is 23.2 Å². The number of rotatable bonds is 3. The summed E-state index contributed by atoms with van der Waals surface area (Å²) in [4.78, 5) is 0. The number of halogens is 6. The van der Waals surface area contributed by atoms with E-state index < -0.39 is 17.0 Å². The van der Waals surface area contributed by atoms with Crippen LogP contribution in [0.4, 0.5) is 17.6 Å². The Balaban J connectivity index is 2.15. The molecule has 1 aliphatic rings. The summed E-state index contributed by atoms with van der Waals surface area (Å²) < 4.78 is 50.5. The van der Waals surface area contributed by atoms with Crippen LogP contribution in [-0.2, 0) is 6.42 Å². The molecule has 6 heteroatoms. The summed E-state index contributed by atoms with van der Waals surface area (Å²) in [7, 11) is 0. The van der Waals surface area contributed by atoms with Crippen molar-refractivity contribution in [3.05, 3.63) is 45.7 Å². The van der Waals surface area contributed by atoms with Crippen LogP contribution in [0, 0.1) is 23.1 Å². The maximum Gasteiger partial charge on any atom is 0.426 e. The van der Waals surface area contributed by atoms with Crippen molar-refractivity contribution in [2.75, 3.05) is 0 Å². The molecule has 1 saturated carbocycles. The lowest BCUT2D eigenvalue weighted by molar-refractivity contribution is -0.0848. The third-order valence-corrected chi connectivity index (χ3v) is 4.88. The fourth-order valence-corrected chi connectivity index (χ4v) is 3.06. The van der Waals surface area contributed by atoms with E-state index in [-0.39, 0.29) is 17.3 Å². The molecule has 0 N–H and O–H groups in total. The van der Waals surface area contributed by atoms with Crippen LogP contribution in [0.5, 0.6) is 0 Å². The van der Waals surface area contributed by atoms with Crippen molar-refractivity contribution < 1.29 is 17.6 Å². The molecule has 1 aliphatic carbocycles. The molecule has 1 aromatic carbocycles. The summed E-state index contributed by atoms with van der Waals surface area (Å²) in [5.41, 5.74) is 0.443. The van der Waals surface area contributed by atoms with Gasteiger partial charge in [-0.25, -0.2) is 4.39 Å². The van der Waals surface area contributed by atoms with Gasteiger partial charge in [-0.1, -0.05) is 49.2 Å². The van der Waals surface area contributed by atoms with Crippen molar-refractivity contribution in [3.8, 4) is 0 Å². The molecule has 0 bridgehead atoms. The van der Waals surface area contributed by atoms with E-state index in [1.165, 1.54) is 12.1 Å². The van der Waals surface area contributed by atoms with Crippen LogP contribution < -0.4 is 0 Å². The lowest BCUT2D eigenvalue weighted by Gasteiger charge is -2.05. The van der Waals surface area contributed by atoms with E-state index in [0.717, 1.165) is 11.6 Å². The fourth-order valence-electron chi connectivity index (χ4n) is 2.68. The van der Waals surface area contributed by atoms with Gasteiger partial charge in [0.2, 0.25) is 0 Å². The monoisotopic (exact) mass is 340 g/mol. The highest BCUT2D eigenvalue weighted by atomic mass is 35.5. The average Bonchev–Trinajstić information content (AvgIpc) is 2.83. The molecule has 2 atom stereocenters. The Bertz CT molecular complexity index is 576. The van der Waals surface area contributed by atoms with E-state index in [1.807, 2.05) is 13.8 Å². The molecule has 2 rings (SSSR count). The first kappa shape index (κ1) is 16.6. The number of alkyl halides is 3. The minimum absolute atomic E-state index is 0.00318. The summed E-state index contributed by atoms with van der Waals surface area (Å²) in [6.45, 7) is 3.77. The van der Waals surface area contributed by atoms with Crippen LogP contribution in [0.2, 0.25) is 5.02 Å². The fraction of sp³-hybridized carbons (Fsp3) is 0.467. The zero-order valence-corrected chi connectivity index (χ0v) is 13.0. The van der Waals surface area contributed by atoms with Gasteiger partial charge in [0.1, 0.15) is 10.8 Å². The average molecular weight is 341 g/mol. The molecule has 0 saturated heterocycles. The number of hydrogen-bond donors (Lipinski definition) is 0. The Morgan fingerprint density at radius 2 is 1.95 bits per heavy atom. The Kier molecular flexibility index (Phi) is 4.33. The molecule has 0 nitrogen and oxygen atoms in total. The van der Waals surface area contributed by atoms with Crippen LogP contribution in [0.25, 0.3) is 0 Å². The summed E-state index contributed by atoms with van der Waals surface area (Å²) in [5, 5.41) is -0.796. The van der Waals surface area contributed by atoms with E-state index in [0.29, 0.717) is 11.4 Å². The van der Waals surface area contributed by atoms with Crippen molar-refractivity contribution in [1.29, 1.82) is 0 Å². The van der Waals surface area contributed by atoms with Crippen LogP contribution in [0.15, 0.2) is 29.3 Å². The summed E-state index contributed by atoms with van der Waals surface area (Å²) in [6.07, 6.45) is -2.95. The van der Waals surface area contributed by atoms with Gasteiger partial charge in [-0.2, -0.15) is 13.2 Å². The van der Waals surface area contributed by atoms with Gasteiger partial charge in [-0.3, -0.25) is 0 Å². The highest BCUT2D eigenvalue weighted by molar-refractivity contribution is 6.31. The molecule has 0 unspecified atom stereocenters. The van der Waals surface area contributed by atoms with Gasteiger partial charge < -0.3 is 0 Å². The first-order valence-corrected chi connectivity index (χ1v) is 7.17. The second-order valence-corrected chi connectivity index (χ2v) is 6.72. The molecule has 0 aromatic heterocycles. The lowest BCUT2D eigenvalue weighted by atomic mass is 10.0. The van der Waals surface area contributed by atoms with Crippen LogP contribution >= 0.6 is 23.2 Å². The van der Waals surface area contributed by atoms with Crippen LogP contribution in [0.3, 0.4) is 0 Å². The maximum absolute atomic E-state index is 13.0. The predicted octanol–water partition coefficient (Wildman–Crippen LogP) is 5.98. The molecular formula is C15H14Cl2F4. The third-order valence-electron chi connectivity index (χ3n) is 4.19. The Hall–Kier alpha value is -0.740. The summed E-state index contributed by atoms with van der Waals surface area (Å²) >= 11 is 11.3. The number of allylic oxidation sites excluding steroid dienone is 2. The molecule has 21 heavy (non-hydrogen) atoms. The van der Waals surface area contributed by atoms with Gasteiger partial charge in [0.05, 0.1) is 0 Å². The topological polar surface area (TPSA) is 0 Å². The quantitative estimate of drug-likeness (QED) is 0.594. The summed E-state index contributed by atoms with van der Waals surface area (Å²) in [5.74, 6) is -0.709. The molecular weight excluding hydrogens is 327 g/mol. The highest BCUT2D eigenvalue weighted by Crippen LogP contribution is 2.61. The lowest BCUT2D eigenvalue weighted by Crippen LogP contribution is -2.07. The third kappa shape index (κ3) is 3.54. The minimum Gasteiger partial charge on any atom is -0.207 e. The summed E-state index contributed by atoms with van der Waals surface area (Å²) in [6, 6.07) is 4.07. The van der Waals surface area contributed by atoms with Gasteiger partial charge in [0, 0.05) is 5.02 Å². The van der Waals surface area contributed by atoms with E-state index in [1.54, 1.807) is 6.07 Å². The zero-order valence-electron chi connectivity index (χ0n) is 11.4. The molecule has 0 amide bonds. The Morgan fingerprint density at radius 3 is 2.48 bits per heavy atom. The number of benzene rings is 1. The maximum atomic E-state index is 13.0. The second kappa shape index (κ2) is 5.47. The first-order chi connectivity index (χ1) is 9.53. The van der Waals surface area contributed by atoms with Gasteiger partial charge in [-0.15, -0.1) is 0 Å². The molecule has 1 fully saturated rings. The smallest absolute Gasteiger partial charge is 0.207 e. The standard InChI is InChI=1S/C15H14Cl2F4/c1-14(2)10(11(14)7-13(17)15(19,20)21)5-8-3-4-9(18)6-12(8)16/h3-4,6-7,10-11H,5H2,1-2H3/b13-7-/t10-,11-/m0/s1. The second-order valence-electron chi connectivity index (χ2n) is 5.91. The number of hydrogen-bond acceptors (Lipinski definition) is 0. The molecule has 1 aromatic rings. The van der Waals surface area contributed by atoms with E-state index in [9.17, 15) is 17.6 Å². The zero-order chi connectivity index (χ0) is 16.0. The SMILES string of the molecule is CC1(C)[C@@H](/C=C(\Cl)C(F)(F)F)[C@@H]1Cc1ccc(F)cc1Cl. The van der Waals surface area contributed by atoms with Gasteiger partial charge in [-0.05, 0) is 41.4 Å². The normalized spacial score (nSPS) is 25.0.